The minimum Gasteiger partial charge on any atom is -0.488 e. The van der Waals surface area contributed by atoms with Gasteiger partial charge in [-0.2, -0.15) is 0 Å². The fourth-order valence-electron chi connectivity index (χ4n) is 2.81. The molecule has 0 radical (unpaired) electrons. The molecule has 152 valence electrons. The number of carbonyl (C=O) groups excluding carboxylic acids is 2. The highest BCUT2D eigenvalue weighted by Crippen LogP contribution is 2.35. The van der Waals surface area contributed by atoms with E-state index in [1.54, 1.807) is 13.2 Å². The molecule has 0 unspecified atom stereocenters. The van der Waals surface area contributed by atoms with E-state index in [2.05, 4.69) is 15.9 Å². The van der Waals surface area contributed by atoms with Crippen molar-refractivity contribution >= 4 is 44.9 Å². The third-order valence-electron chi connectivity index (χ3n) is 4.38. The second-order valence-electron chi connectivity index (χ2n) is 6.64. The van der Waals surface area contributed by atoms with Gasteiger partial charge in [-0.3, -0.25) is 14.5 Å². The Kier molecular flexibility index (Phi) is 7.52. The van der Waals surface area contributed by atoms with Crippen molar-refractivity contribution in [2.24, 2.45) is 0 Å². The molecule has 0 atom stereocenters. The average molecular weight is 476 g/mol. The average Bonchev–Trinajstić information content (AvgIpc) is 2.96. The minimum absolute atomic E-state index is 0.255. The van der Waals surface area contributed by atoms with E-state index >= 15 is 0 Å². The Bertz CT molecular complexity index is 927. The van der Waals surface area contributed by atoms with E-state index in [0.29, 0.717) is 36.8 Å². The summed E-state index contributed by atoms with van der Waals surface area (Å²) >= 11 is 4.42. The zero-order valence-electron chi connectivity index (χ0n) is 16.3. The highest BCUT2D eigenvalue weighted by atomic mass is 79.9. The first-order chi connectivity index (χ1) is 14.0. The summed E-state index contributed by atoms with van der Waals surface area (Å²) in [6.07, 6.45) is 2.33. The number of ether oxygens (including phenoxy) is 2. The maximum Gasteiger partial charge on any atom is 0.293 e. The number of rotatable bonds is 8. The fraction of sp³-hybridized carbons (Fsp3) is 0.273. The van der Waals surface area contributed by atoms with Gasteiger partial charge in [-0.1, -0.05) is 45.8 Å². The Labute approximate surface area is 183 Å². The molecule has 0 aromatic heterocycles. The normalized spacial score (nSPS) is 15.4. The summed E-state index contributed by atoms with van der Waals surface area (Å²) in [5.74, 6) is 0.375. The Morgan fingerprint density at radius 3 is 2.62 bits per heavy atom. The topological polar surface area (TPSA) is 55.8 Å². The van der Waals surface area contributed by atoms with Gasteiger partial charge in [-0.15, -0.1) is 0 Å². The number of carbonyl (C=O) groups is 2. The molecule has 2 aromatic carbocycles. The molecule has 29 heavy (non-hydrogen) atoms. The Morgan fingerprint density at radius 1 is 1.14 bits per heavy atom. The number of methoxy groups -OCH3 is 1. The predicted octanol–water partition coefficient (Wildman–Crippen LogP) is 5.41. The van der Waals surface area contributed by atoms with Gasteiger partial charge in [-0.25, -0.2) is 0 Å². The minimum atomic E-state index is -0.277. The highest BCUT2D eigenvalue weighted by Gasteiger charge is 2.34. The third-order valence-corrected chi connectivity index (χ3v) is 5.78. The lowest BCUT2D eigenvalue weighted by Gasteiger charge is -2.12. The van der Waals surface area contributed by atoms with Gasteiger partial charge in [0.1, 0.15) is 12.4 Å². The van der Waals surface area contributed by atoms with Gasteiger partial charge in [0.05, 0.1) is 4.91 Å². The van der Waals surface area contributed by atoms with Gasteiger partial charge in [0, 0.05) is 30.3 Å². The van der Waals surface area contributed by atoms with Gasteiger partial charge in [0.15, 0.2) is 0 Å². The van der Waals surface area contributed by atoms with Crippen LogP contribution in [0.5, 0.6) is 5.75 Å². The standard InChI is InChI=1S/C22H22BrNO4S/c1-15-4-6-16(7-5-15)14-28-19-9-8-18(23)12-17(19)13-20-21(25)24(22(26)29-20)10-3-11-27-2/h4-9,12-13H,3,10-11,14H2,1-2H3/b20-13+. The lowest BCUT2D eigenvalue weighted by atomic mass is 10.1. The molecule has 0 bridgehead atoms. The lowest BCUT2D eigenvalue weighted by molar-refractivity contribution is -0.122. The van der Waals surface area contributed by atoms with Crippen molar-refractivity contribution < 1.29 is 19.1 Å². The van der Waals surface area contributed by atoms with Crippen molar-refractivity contribution in [3.63, 3.8) is 0 Å². The van der Waals surface area contributed by atoms with Crippen LogP contribution in [0.1, 0.15) is 23.1 Å². The molecule has 3 rings (SSSR count). The summed E-state index contributed by atoms with van der Waals surface area (Å²) in [6, 6.07) is 13.8. The van der Waals surface area contributed by atoms with Crippen molar-refractivity contribution in [2.45, 2.75) is 20.0 Å². The lowest BCUT2D eigenvalue weighted by Crippen LogP contribution is -2.29. The molecule has 2 aromatic rings. The van der Waals surface area contributed by atoms with Crippen molar-refractivity contribution in [3.8, 4) is 5.75 Å². The van der Waals surface area contributed by atoms with E-state index in [-0.39, 0.29) is 11.1 Å². The monoisotopic (exact) mass is 475 g/mol. The summed E-state index contributed by atoms with van der Waals surface area (Å²) in [6.45, 7) is 3.32. The first kappa shape index (κ1) is 21.6. The summed E-state index contributed by atoms with van der Waals surface area (Å²) < 4.78 is 11.9. The van der Waals surface area contributed by atoms with Gasteiger partial charge >= 0.3 is 0 Å². The van der Waals surface area contributed by atoms with Crippen molar-refractivity contribution in [2.75, 3.05) is 20.3 Å². The molecule has 0 aliphatic carbocycles. The molecule has 2 amide bonds. The number of aryl methyl sites for hydroxylation is 1. The number of benzene rings is 2. The number of nitrogens with zero attached hydrogens (tertiary/aromatic N) is 1. The van der Waals surface area contributed by atoms with Gasteiger partial charge < -0.3 is 9.47 Å². The van der Waals surface area contributed by atoms with E-state index in [1.807, 2.05) is 49.4 Å². The quantitative estimate of drug-likeness (QED) is 0.377. The molecule has 5 nitrogen and oxygen atoms in total. The van der Waals surface area contributed by atoms with Crippen LogP contribution in [0.2, 0.25) is 0 Å². The number of halogens is 1. The van der Waals surface area contributed by atoms with Gasteiger partial charge in [0.25, 0.3) is 11.1 Å². The van der Waals surface area contributed by atoms with E-state index in [0.717, 1.165) is 27.4 Å². The van der Waals surface area contributed by atoms with Crippen LogP contribution < -0.4 is 4.74 Å². The number of thioether (sulfide) groups is 1. The molecule has 1 heterocycles. The zero-order valence-corrected chi connectivity index (χ0v) is 18.7. The van der Waals surface area contributed by atoms with Gasteiger partial charge in [0.2, 0.25) is 0 Å². The molecule has 1 aliphatic rings. The van der Waals surface area contributed by atoms with Crippen molar-refractivity contribution in [1.29, 1.82) is 0 Å². The smallest absolute Gasteiger partial charge is 0.293 e. The van der Waals surface area contributed by atoms with Crippen LogP contribution in [0.4, 0.5) is 4.79 Å². The molecule has 7 heteroatoms. The fourth-order valence-corrected chi connectivity index (χ4v) is 4.04. The van der Waals surface area contributed by atoms with E-state index in [1.165, 1.54) is 10.5 Å². The largest absolute Gasteiger partial charge is 0.488 e. The first-order valence-electron chi connectivity index (χ1n) is 9.20. The number of hydrogen-bond acceptors (Lipinski definition) is 5. The summed E-state index contributed by atoms with van der Waals surface area (Å²) in [7, 11) is 1.60. The molecular formula is C22H22BrNO4S. The van der Waals surface area contributed by atoms with Crippen LogP contribution in [-0.4, -0.2) is 36.3 Å². The Morgan fingerprint density at radius 2 is 1.90 bits per heavy atom. The van der Waals surface area contributed by atoms with E-state index in [9.17, 15) is 9.59 Å². The predicted molar refractivity (Wildman–Crippen MR) is 119 cm³/mol. The molecule has 1 saturated heterocycles. The molecular weight excluding hydrogens is 454 g/mol. The second-order valence-corrected chi connectivity index (χ2v) is 8.54. The Hall–Kier alpha value is -2.09. The van der Waals surface area contributed by atoms with Crippen LogP contribution >= 0.6 is 27.7 Å². The van der Waals surface area contributed by atoms with E-state index in [4.69, 9.17) is 9.47 Å². The van der Waals surface area contributed by atoms with Crippen LogP contribution in [0.15, 0.2) is 51.8 Å². The van der Waals surface area contributed by atoms with Crippen molar-refractivity contribution in [3.05, 3.63) is 68.5 Å². The second kappa shape index (κ2) is 10.1. The zero-order chi connectivity index (χ0) is 20.8. The third kappa shape index (κ3) is 5.72. The highest BCUT2D eigenvalue weighted by molar-refractivity contribution is 9.10. The van der Waals surface area contributed by atoms with E-state index < -0.39 is 0 Å². The summed E-state index contributed by atoms with van der Waals surface area (Å²) in [4.78, 5) is 26.5. The molecule has 0 spiro atoms. The molecule has 0 saturated carbocycles. The maximum absolute atomic E-state index is 12.6. The van der Waals surface area contributed by atoms with Gasteiger partial charge in [-0.05, 0) is 54.9 Å². The Balaban J connectivity index is 1.77. The number of hydrogen-bond donors (Lipinski definition) is 0. The number of imide groups is 1. The van der Waals surface area contributed by atoms with Crippen LogP contribution in [0.3, 0.4) is 0 Å². The van der Waals surface area contributed by atoms with Crippen LogP contribution in [0, 0.1) is 6.92 Å². The SMILES string of the molecule is COCCCN1C(=O)S/C(=C/c2cc(Br)ccc2OCc2ccc(C)cc2)C1=O. The van der Waals surface area contributed by atoms with Crippen LogP contribution in [-0.2, 0) is 16.1 Å². The molecule has 1 fully saturated rings. The number of amides is 2. The summed E-state index contributed by atoms with van der Waals surface area (Å²) in [5.41, 5.74) is 3.00. The summed E-state index contributed by atoms with van der Waals surface area (Å²) in [5, 5.41) is -0.255. The molecule has 0 N–H and O–H groups in total. The first-order valence-corrected chi connectivity index (χ1v) is 10.8. The maximum atomic E-state index is 12.6. The molecule has 1 aliphatic heterocycles. The van der Waals surface area contributed by atoms with Crippen molar-refractivity contribution in [1.82, 2.24) is 4.90 Å². The van der Waals surface area contributed by atoms with Crippen LogP contribution in [0.25, 0.3) is 6.08 Å².